The minimum absolute atomic E-state index is 0.0692. The lowest BCUT2D eigenvalue weighted by Crippen LogP contribution is -2.30. The average molecular weight is 354 g/mol. The molecule has 0 N–H and O–H groups in total. The Morgan fingerprint density at radius 1 is 0.769 bits per heavy atom. The maximum Gasteiger partial charge on any atom is 0.182 e. The highest BCUT2D eigenvalue weighted by molar-refractivity contribution is 6.32. The number of hydrogen-bond donors (Lipinski definition) is 0. The molecule has 140 valence electrons. The van der Waals surface area contributed by atoms with Crippen molar-refractivity contribution in [3.05, 3.63) is 76.5 Å². The van der Waals surface area contributed by atoms with Gasteiger partial charge in [-0.25, -0.2) is 0 Å². The lowest BCUT2D eigenvalue weighted by molar-refractivity contribution is -0.242. The first-order chi connectivity index (χ1) is 12.6. The van der Waals surface area contributed by atoms with Crippen LogP contribution in [0.2, 0.25) is 0 Å². The number of carbonyl (C=O) groups is 1. The van der Waals surface area contributed by atoms with Gasteiger partial charge in [-0.3, -0.25) is 4.79 Å². The second kappa shape index (κ2) is 10.6. The number of benzene rings is 2. The molecule has 1 atom stereocenters. The van der Waals surface area contributed by atoms with E-state index in [-0.39, 0.29) is 11.7 Å². The molecule has 0 amide bonds. The van der Waals surface area contributed by atoms with Gasteiger partial charge in [0.15, 0.2) is 11.5 Å². The summed E-state index contributed by atoms with van der Waals surface area (Å²) in [4.78, 5) is 22.8. The van der Waals surface area contributed by atoms with Gasteiger partial charge in [-0.1, -0.05) is 87.4 Å². The topological polar surface area (TPSA) is 35.5 Å². The summed E-state index contributed by atoms with van der Waals surface area (Å²) in [6, 6.07) is 15.8. The molecule has 3 nitrogen and oxygen atoms in total. The molecule has 2 aromatic carbocycles. The van der Waals surface area contributed by atoms with E-state index in [1.165, 1.54) is 7.11 Å². The maximum atomic E-state index is 12.6. The zero-order chi connectivity index (χ0) is 19.7. The number of rotatable bonds is 4. The fourth-order valence-electron chi connectivity index (χ4n) is 2.70. The fraction of sp³-hybridized carbons (Fsp3) is 0.348. The Balaban J connectivity index is 0.000000791. The Morgan fingerprint density at radius 3 is 1.69 bits per heavy atom. The molecule has 0 saturated heterocycles. The summed E-state index contributed by atoms with van der Waals surface area (Å²) in [5.41, 5.74) is 4.71. The molecule has 26 heavy (non-hydrogen) atoms. The molecule has 0 aromatic heterocycles. The highest BCUT2D eigenvalue weighted by atomic mass is 17.2. The van der Waals surface area contributed by atoms with Crippen LogP contribution in [0.15, 0.2) is 54.3 Å². The number of hydrogen-bond acceptors (Lipinski definition) is 3. The van der Waals surface area contributed by atoms with Gasteiger partial charge in [0.05, 0.1) is 12.7 Å². The molecule has 3 heteroatoms. The lowest BCUT2D eigenvalue weighted by Gasteiger charge is -2.30. The SMILES string of the molecule is CC.CC.COOC1=C(c2ccc(C)cc2)C(=O)C1c1ccc(C)cc1. The Bertz CT molecular complexity index is 725. The molecule has 0 bridgehead atoms. The third-order valence-corrected chi connectivity index (χ3v) is 3.94. The summed E-state index contributed by atoms with van der Waals surface area (Å²) in [6.07, 6.45) is 0. The van der Waals surface area contributed by atoms with Crippen LogP contribution in [-0.4, -0.2) is 12.9 Å². The Morgan fingerprint density at radius 2 is 1.23 bits per heavy atom. The van der Waals surface area contributed by atoms with Crippen LogP contribution < -0.4 is 0 Å². The highest BCUT2D eigenvalue weighted by Crippen LogP contribution is 2.45. The zero-order valence-electron chi connectivity index (χ0n) is 16.9. The number of aryl methyl sites for hydroxylation is 2. The van der Waals surface area contributed by atoms with Gasteiger partial charge >= 0.3 is 0 Å². The average Bonchev–Trinajstić information content (AvgIpc) is 2.68. The van der Waals surface area contributed by atoms with Gasteiger partial charge < -0.3 is 4.89 Å². The van der Waals surface area contributed by atoms with Crippen molar-refractivity contribution in [3.8, 4) is 0 Å². The highest BCUT2D eigenvalue weighted by Gasteiger charge is 2.43. The second-order valence-electron chi connectivity index (χ2n) is 5.56. The van der Waals surface area contributed by atoms with Gasteiger partial charge in [0.2, 0.25) is 0 Å². The van der Waals surface area contributed by atoms with Crippen LogP contribution in [-0.2, 0) is 14.6 Å². The summed E-state index contributed by atoms with van der Waals surface area (Å²) in [5.74, 6) is 0.275. The van der Waals surface area contributed by atoms with Crippen LogP contribution in [0.1, 0.15) is 55.9 Å². The van der Waals surface area contributed by atoms with Crippen LogP contribution in [0.25, 0.3) is 5.57 Å². The molecule has 1 aliphatic carbocycles. The number of ketones is 1. The van der Waals surface area contributed by atoms with E-state index < -0.39 is 0 Å². The van der Waals surface area contributed by atoms with Crippen molar-refractivity contribution in [2.24, 2.45) is 0 Å². The van der Waals surface area contributed by atoms with Crippen LogP contribution in [0.4, 0.5) is 0 Å². The molecule has 0 spiro atoms. The van der Waals surface area contributed by atoms with E-state index in [1.807, 2.05) is 90.1 Å². The van der Waals surface area contributed by atoms with Crippen molar-refractivity contribution >= 4 is 11.4 Å². The smallest absolute Gasteiger partial charge is 0.182 e. The molecule has 1 unspecified atom stereocenters. The van der Waals surface area contributed by atoms with Gasteiger partial charge in [0.25, 0.3) is 0 Å². The quantitative estimate of drug-likeness (QED) is 0.498. The predicted octanol–water partition coefficient (Wildman–Crippen LogP) is 6.01. The normalized spacial score (nSPS) is 15.2. The third-order valence-electron chi connectivity index (χ3n) is 3.94. The first kappa shape index (κ1) is 21.7. The van der Waals surface area contributed by atoms with Crippen molar-refractivity contribution in [1.82, 2.24) is 0 Å². The molecule has 0 radical (unpaired) electrons. The van der Waals surface area contributed by atoms with E-state index in [2.05, 4.69) is 0 Å². The van der Waals surface area contributed by atoms with Gasteiger partial charge in [0.1, 0.15) is 5.92 Å². The maximum absolute atomic E-state index is 12.6. The van der Waals surface area contributed by atoms with Crippen molar-refractivity contribution in [3.63, 3.8) is 0 Å². The van der Waals surface area contributed by atoms with Crippen molar-refractivity contribution in [2.45, 2.75) is 47.5 Å². The molecule has 2 aromatic rings. The largest absolute Gasteiger partial charge is 0.340 e. The lowest BCUT2D eigenvalue weighted by atomic mass is 9.75. The van der Waals surface area contributed by atoms with Crippen molar-refractivity contribution in [1.29, 1.82) is 0 Å². The first-order valence-electron chi connectivity index (χ1n) is 9.24. The van der Waals surface area contributed by atoms with E-state index in [1.54, 1.807) is 0 Å². The number of carbonyl (C=O) groups excluding carboxylic acids is 1. The van der Waals surface area contributed by atoms with Crippen LogP contribution in [0.3, 0.4) is 0 Å². The molecular weight excluding hydrogens is 324 g/mol. The van der Waals surface area contributed by atoms with Gasteiger partial charge in [-0.05, 0) is 25.0 Å². The summed E-state index contributed by atoms with van der Waals surface area (Å²) in [5, 5.41) is 0. The number of Topliss-reactive ketones (excluding diaryl/α,β-unsaturated/α-hetero) is 1. The molecule has 1 aliphatic rings. The fourth-order valence-corrected chi connectivity index (χ4v) is 2.70. The molecule has 0 fully saturated rings. The molecular formula is C23H30O3. The summed E-state index contributed by atoms with van der Waals surface area (Å²) < 4.78 is 0. The van der Waals surface area contributed by atoms with E-state index in [4.69, 9.17) is 9.78 Å². The molecule has 0 heterocycles. The first-order valence-corrected chi connectivity index (χ1v) is 9.24. The van der Waals surface area contributed by atoms with Gasteiger partial charge in [-0.2, -0.15) is 4.89 Å². The van der Waals surface area contributed by atoms with Gasteiger partial charge in [-0.15, -0.1) is 0 Å². The van der Waals surface area contributed by atoms with E-state index >= 15 is 0 Å². The van der Waals surface area contributed by atoms with Crippen molar-refractivity contribution < 1.29 is 14.6 Å². The van der Waals surface area contributed by atoms with Crippen LogP contribution in [0.5, 0.6) is 0 Å². The Kier molecular flexibility index (Phi) is 8.80. The standard InChI is InChI=1S/C19H18O3.2C2H6/c1-12-4-8-14(9-5-12)16-18(20)17(19(16)22-21-3)15-10-6-13(2)7-11-15;2*1-2/h4-11,16H,1-3H3;2*1-2H3. The van der Waals surface area contributed by atoms with E-state index in [9.17, 15) is 4.79 Å². The third kappa shape index (κ3) is 4.61. The van der Waals surface area contributed by atoms with Gasteiger partial charge in [0, 0.05) is 0 Å². The summed E-state index contributed by atoms with van der Waals surface area (Å²) >= 11 is 0. The predicted molar refractivity (Wildman–Crippen MR) is 108 cm³/mol. The minimum atomic E-state index is -0.378. The monoisotopic (exact) mass is 354 g/mol. The van der Waals surface area contributed by atoms with E-state index in [0.717, 1.165) is 22.3 Å². The van der Waals surface area contributed by atoms with E-state index in [0.29, 0.717) is 11.3 Å². The zero-order valence-corrected chi connectivity index (χ0v) is 16.9. The Labute approximate surface area is 157 Å². The Hall–Kier alpha value is -2.39. The molecule has 0 saturated carbocycles. The molecule has 3 rings (SSSR count). The van der Waals surface area contributed by atoms with Crippen LogP contribution in [0, 0.1) is 13.8 Å². The number of allylic oxidation sites excluding steroid dienone is 2. The molecule has 0 aliphatic heterocycles. The second-order valence-corrected chi connectivity index (χ2v) is 5.56. The summed E-state index contributed by atoms with van der Waals surface area (Å²) in [7, 11) is 1.45. The minimum Gasteiger partial charge on any atom is -0.340 e. The van der Waals surface area contributed by atoms with Crippen molar-refractivity contribution in [2.75, 3.05) is 7.11 Å². The van der Waals surface area contributed by atoms with Crippen LogP contribution >= 0.6 is 0 Å². The summed E-state index contributed by atoms with van der Waals surface area (Å²) in [6.45, 7) is 12.0.